The summed E-state index contributed by atoms with van der Waals surface area (Å²) in [5.41, 5.74) is 3.32. The van der Waals surface area contributed by atoms with Gasteiger partial charge in [0.15, 0.2) is 11.6 Å². The van der Waals surface area contributed by atoms with Crippen LogP contribution in [0.2, 0.25) is 0 Å². The number of carbonyl (C=O) groups excluding carboxylic acids is 2. The lowest BCUT2D eigenvalue weighted by molar-refractivity contribution is -0.111. The molecule has 0 amide bonds. The molecule has 0 bridgehead atoms. The van der Waals surface area contributed by atoms with Gasteiger partial charge in [-0.25, -0.2) is 0 Å². The van der Waals surface area contributed by atoms with E-state index in [4.69, 9.17) is 0 Å². The molecule has 2 nitrogen and oxygen atoms in total. The number of carbonyl (C=O) groups is 2. The van der Waals surface area contributed by atoms with Crippen molar-refractivity contribution in [3.05, 3.63) is 144 Å². The third-order valence-electron chi connectivity index (χ3n) is 4.48. The van der Waals surface area contributed by atoms with Gasteiger partial charge in [-0.15, -0.1) is 0 Å². The van der Waals surface area contributed by atoms with Crippen molar-refractivity contribution >= 4 is 11.6 Å². The molecule has 0 saturated carbocycles. The highest BCUT2D eigenvalue weighted by molar-refractivity contribution is 6.00. The molecule has 1 aliphatic rings. The average molecular weight is 521 g/mol. The topological polar surface area (TPSA) is 34.1 Å². The van der Waals surface area contributed by atoms with Gasteiger partial charge in [0.05, 0.1) is 0 Å². The zero-order valence-electron chi connectivity index (χ0n) is 23.4. The van der Waals surface area contributed by atoms with Crippen molar-refractivity contribution in [2.24, 2.45) is 0 Å². The Hall–Kier alpha value is -5.54. The average Bonchev–Trinajstić information content (AvgIpc) is 2.92. The van der Waals surface area contributed by atoms with Crippen LogP contribution >= 0.6 is 0 Å². The fourth-order valence-electron chi connectivity index (χ4n) is 2.46. The standard InChI is InChI=1S/C38H32O2/c1-33-21-11-7-5-9-13-29-37(39)31-19-27-35(3)25-17-18-26-36(4)28-20-32-38(40)30-14-10-6-8-12-22-34(2)24-16-15-23-33/h5-14,19-22,27-32H,1-4H3. The number of hydrogen-bond donors (Lipinski definition) is 0. The maximum Gasteiger partial charge on any atom is 0.178 e. The third-order valence-corrected chi connectivity index (χ3v) is 4.48. The van der Waals surface area contributed by atoms with Crippen LogP contribution < -0.4 is 0 Å². The minimum Gasteiger partial charge on any atom is -0.290 e. The first-order valence-electron chi connectivity index (χ1n) is 12.6. The van der Waals surface area contributed by atoms with Crippen LogP contribution in [0.3, 0.4) is 0 Å². The van der Waals surface area contributed by atoms with Crippen LogP contribution in [0.15, 0.2) is 144 Å². The lowest BCUT2D eigenvalue weighted by Crippen LogP contribution is -1.83. The zero-order chi connectivity index (χ0) is 29.3. The zero-order valence-corrected chi connectivity index (χ0v) is 23.4. The molecule has 196 valence electrons. The van der Waals surface area contributed by atoms with Crippen LogP contribution in [-0.2, 0) is 9.59 Å². The molecule has 0 radical (unpaired) electrons. The Labute approximate surface area is 239 Å². The van der Waals surface area contributed by atoms with Crippen molar-refractivity contribution < 1.29 is 9.59 Å². The molecule has 0 aliphatic heterocycles. The summed E-state index contributed by atoms with van der Waals surface area (Å²) >= 11 is 0. The summed E-state index contributed by atoms with van der Waals surface area (Å²) in [5, 5.41) is 0. The number of hydrogen-bond acceptors (Lipinski definition) is 2. The highest BCUT2D eigenvalue weighted by Gasteiger charge is 1.86. The van der Waals surface area contributed by atoms with Gasteiger partial charge in [0, 0.05) is 0 Å². The number of ketones is 2. The van der Waals surface area contributed by atoms with Crippen LogP contribution in [0.4, 0.5) is 0 Å². The lowest BCUT2D eigenvalue weighted by Gasteiger charge is -1.84. The summed E-state index contributed by atoms with van der Waals surface area (Å²) < 4.78 is 0. The molecular formula is C38H32O2. The quantitative estimate of drug-likeness (QED) is 0.312. The van der Waals surface area contributed by atoms with E-state index in [2.05, 4.69) is 47.4 Å². The molecule has 0 aromatic heterocycles. The molecule has 0 heterocycles. The first-order valence-corrected chi connectivity index (χ1v) is 12.6. The minimum atomic E-state index is -0.130. The van der Waals surface area contributed by atoms with Crippen molar-refractivity contribution in [2.75, 3.05) is 0 Å². The van der Waals surface area contributed by atoms with E-state index in [1.807, 2.05) is 76.3 Å². The van der Waals surface area contributed by atoms with Crippen LogP contribution in [-0.4, -0.2) is 11.6 Å². The van der Waals surface area contributed by atoms with Crippen molar-refractivity contribution in [1.29, 1.82) is 0 Å². The summed E-state index contributed by atoms with van der Waals surface area (Å²) in [6.07, 6.45) is 34.5. The summed E-state index contributed by atoms with van der Waals surface area (Å²) in [5.74, 6) is 22.8. The SMILES string of the molecule is CC1=CC=CC=CC=CC(=O)C=CC=C(C)C#CC#CC(C)=CC=CC(=O)C=CC=CC=CC=C(C)C#CC#C1. The second-order valence-electron chi connectivity index (χ2n) is 8.18. The van der Waals surface area contributed by atoms with E-state index in [-0.39, 0.29) is 11.6 Å². The fraction of sp³-hybridized carbons (Fsp3) is 0.105. The van der Waals surface area contributed by atoms with Crippen LogP contribution in [0.25, 0.3) is 0 Å². The second-order valence-corrected chi connectivity index (χ2v) is 8.18. The van der Waals surface area contributed by atoms with Crippen molar-refractivity contribution in [3.8, 4) is 47.4 Å². The Morgan fingerprint density at radius 3 is 0.950 bits per heavy atom. The van der Waals surface area contributed by atoms with E-state index in [1.54, 1.807) is 48.6 Å². The molecule has 0 spiro atoms. The van der Waals surface area contributed by atoms with Crippen molar-refractivity contribution in [1.82, 2.24) is 0 Å². The highest BCUT2D eigenvalue weighted by Crippen LogP contribution is 1.95. The van der Waals surface area contributed by atoms with E-state index in [9.17, 15) is 9.59 Å². The van der Waals surface area contributed by atoms with Gasteiger partial charge >= 0.3 is 0 Å². The Balaban J connectivity index is 3.07. The minimum absolute atomic E-state index is 0.130. The van der Waals surface area contributed by atoms with Gasteiger partial charge in [-0.05, 0) is 98.0 Å². The monoisotopic (exact) mass is 520 g/mol. The molecule has 0 atom stereocenters. The maximum absolute atomic E-state index is 11.9. The smallest absolute Gasteiger partial charge is 0.178 e. The Kier molecular flexibility index (Phi) is 17.5. The Morgan fingerprint density at radius 1 is 0.350 bits per heavy atom. The molecule has 40 heavy (non-hydrogen) atoms. The van der Waals surface area contributed by atoms with Gasteiger partial charge < -0.3 is 0 Å². The molecule has 1 rings (SSSR count). The summed E-state index contributed by atoms with van der Waals surface area (Å²) in [7, 11) is 0. The van der Waals surface area contributed by atoms with E-state index < -0.39 is 0 Å². The van der Waals surface area contributed by atoms with Gasteiger partial charge in [-0.3, -0.25) is 9.59 Å². The Bertz CT molecular complexity index is 1430. The first kappa shape index (κ1) is 32.5. The van der Waals surface area contributed by atoms with Gasteiger partial charge in [-0.2, -0.15) is 0 Å². The molecule has 0 fully saturated rings. The first-order chi connectivity index (χ1) is 19.4. The van der Waals surface area contributed by atoms with Crippen molar-refractivity contribution in [2.45, 2.75) is 27.7 Å². The van der Waals surface area contributed by atoms with Gasteiger partial charge in [0.1, 0.15) is 0 Å². The van der Waals surface area contributed by atoms with Gasteiger partial charge in [-0.1, -0.05) is 121 Å². The second kappa shape index (κ2) is 21.5. The largest absolute Gasteiger partial charge is 0.290 e. The van der Waals surface area contributed by atoms with Crippen LogP contribution in [0.5, 0.6) is 0 Å². The fourth-order valence-corrected chi connectivity index (χ4v) is 2.46. The van der Waals surface area contributed by atoms with Gasteiger partial charge in [0.25, 0.3) is 0 Å². The van der Waals surface area contributed by atoms with Crippen LogP contribution in [0, 0.1) is 47.4 Å². The van der Waals surface area contributed by atoms with E-state index in [0.29, 0.717) is 0 Å². The van der Waals surface area contributed by atoms with Gasteiger partial charge in [0.2, 0.25) is 0 Å². The summed E-state index contributed by atoms with van der Waals surface area (Å²) in [6.45, 7) is 7.50. The van der Waals surface area contributed by atoms with E-state index in [1.165, 1.54) is 24.3 Å². The molecular weight excluding hydrogens is 488 g/mol. The molecule has 0 saturated heterocycles. The third kappa shape index (κ3) is 19.6. The van der Waals surface area contributed by atoms with E-state index >= 15 is 0 Å². The molecule has 0 aromatic carbocycles. The maximum atomic E-state index is 11.9. The molecule has 0 aromatic rings. The summed E-state index contributed by atoms with van der Waals surface area (Å²) in [4.78, 5) is 23.9. The molecule has 2 heteroatoms. The van der Waals surface area contributed by atoms with Crippen molar-refractivity contribution in [3.63, 3.8) is 0 Å². The Morgan fingerprint density at radius 2 is 0.600 bits per heavy atom. The molecule has 1 aliphatic carbocycles. The number of allylic oxidation sites excluding steroid dienone is 24. The predicted molar refractivity (Wildman–Crippen MR) is 169 cm³/mol. The lowest BCUT2D eigenvalue weighted by atomic mass is 10.2. The normalized spacial score (nSPS) is 15.4. The molecule has 0 N–H and O–H groups in total. The predicted octanol–water partition coefficient (Wildman–Crippen LogP) is 7.39. The van der Waals surface area contributed by atoms with E-state index in [0.717, 1.165) is 22.3 Å². The van der Waals surface area contributed by atoms with Crippen LogP contribution in [0.1, 0.15) is 27.7 Å². The summed E-state index contributed by atoms with van der Waals surface area (Å²) in [6, 6.07) is 0. The molecule has 0 unspecified atom stereocenters. The highest BCUT2D eigenvalue weighted by atomic mass is 16.1. The number of rotatable bonds is 0.